The second kappa shape index (κ2) is 4.60. The van der Waals surface area contributed by atoms with Gasteiger partial charge in [-0.1, -0.05) is 23.8 Å². The second-order valence-electron chi connectivity index (χ2n) is 6.18. The van der Waals surface area contributed by atoms with Gasteiger partial charge in [0, 0.05) is 0 Å². The van der Waals surface area contributed by atoms with Gasteiger partial charge in [0.2, 0.25) is 11.8 Å². The summed E-state index contributed by atoms with van der Waals surface area (Å²) in [6.45, 7) is 0. The highest BCUT2D eigenvalue weighted by molar-refractivity contribution is 6.36. The lowest BCUT2D eigenvalue weighted by Crippen LogP contribution is -2.33. The van der Waals surface area contributed by atoms with Crippen LogP contribution in [0.15, 0.2) is 30.4 Å². The predicted octanol–water partition coefficient (Wildman–Crippen LogP) is 3.67. The van der Waals surface area contributed by atoms with Crippen molar-refractivity contribution in [3.63, 3.8) is 0 Å². The van der Waals surface area contributed by atoms with Crippen molar-refractivity contribution in [3.05, 3.63) is 40.9 Å². The average Bonchev–Trinajstić information content (AvgIpc) is 3.13. The summed E-state index contributed by atoms with van der Waals surface area (Å²) < 4.78 is 38.7. The lowest BCUT2D eigenvalue weighted by atomic mass is 9.85. The van der Waals surface area contributed by atoms with Crippen LogP contribution in [0.3, 0.4) is 0 Å². The van der Waals surface area contributed by atoms with Gasteiger partial charge in [-0.05, 0) is 36.5 Å². The number of hydrogen-bond donors (Lipinski definition) is 0. The Balaban J connectivity index is 1.78. The van der Waals surface area contributed by atoms with Crippen LogP contribution < -0.4 is 4.90 Å². The molecule has 0 unspecified atom stereocenters. The molecule has 2 fully saturated rings. The molecular weight excluding hydrogens is 331 g/mol. The first-order valence-electron chi connectivity index (χ1n) is 7.22. The molecule has 4 rings (SSSR count). The van der Waals surface area contributed by atoms with Crippen molar-refractivity contribution in [2.75, 3.05) is 4.90 Å². The zero-order valence-corrected chi connectivity index (χ0v) is 12.4. The van der Waals surface area contributed by atoms with Gasteiger partial charge in [0.15, 0.2) is 0 Å². The van der Waals surface area contributed by atoms with E-state index in [-0.39, 0.29) is 22.5 Å². The van der Waals surface area contributed by atoms with Crippen LogP contribution in [0.1, 0.15) is 12.0 Å². The van der Waals surface area contributed by atoms with E-state index in [9.17, 15) is 22.8 Å². The number of rotatable bonds is 1. The molecule has 3 nitrogen and oxygen atoms in total. The summed E-state index contributed by atoms with van der Waals surface area (Å²) in [7, 11) is 0. The fraction of sp³-hybridized carbons (Fsp3) is 0.375. The van der Waals surface area contributed by atoms with Crippen molar-refractivity contribution in [1.29, 1.82) is 0 Å². The number of nitrogens with zero attached hydrogens (tertiary/aromatic N) is 1. The van der Waals surface area contributed by atoms with Gasteiger partial charge in [-0.25, -0.2) is 4.90 Å². The Bertz CT molecular complexity index is 728. The van der Waals surface area contributed by atoms with Gasteiger partial charge < -0.3 is 0 Å². The molecule has 3 aliphatic rings. The maximum Gasteiger partial charge on any atom is 0.416 e. The predicted molar refractivity (Wildman–Crippen MR) is 76.7 cm³/mol. The number of allylic oxidation sites excluding steroid dienone is 2. The monoisotopic (exact) mass is 341 g/mol. The molecule has 0 radical (unpaired) electrons. The van der Waals surface area contributed by atoms with E-state index < -0.39 is 35.4 Å². The Morgan fingerprint density at radius 1 is 1.04 bits per heavy atom. The first-order valence-corrected chi connectivity index (χ1v) is 7.59. The summed E-state index contributed by atoms with van der Waals surface area (Å²) in [4.78, 5) is 26.1. The van der Waals surface area contributed by atoms with Crippen LogP contribution in [-0.4, -0.2) is 11.8 Å². The SMILES string of the molecule is O=C1[C@H]2[C@H](C(=O)N1c1cc(C(F)(F)F)ccc1Cl)[C@H]1C=C[C@H]2C1. The highest BCUT2D eigenvalue weighted by Gasteiger charge is 2.59. The van der Waals surface area contributed by atoms with Crippen LogP contribution in [-0.2, 0) is 15.8 Å². The third-order valence-corrected chi connectivity index (χ3v) is 5.30. The number of imide groups is 1. The van der Waals surface area contributed by atoms with E-state index in [1.807, 2.05) is 12.2 Å². The Kier molecular flexibility index (Phi) is 2.95. The average molecular weight is 342 g/mol. The van der Waals surface area contributed by atoms with E-state index in [4.69, 9.17) is 11.6 Å². The molecule has 1 aromatic rings. The molecule has 23 heavy (non-hydrogen) atoms. The van der Waals surface area contributed by atoms with E-state index in [0.717, 1.165) is 29.5 Å². The summed E-state index contributed by atoms with van der Waals surface area (Å²) in [5, 5.41) is -0.0417. The lowest BCUT2D eigenvalue weighted by molar-refractivity contribution is -0.137. The van der Waals surface area contributed by atoms with Gasteiger partial charge in [-0.3, -0.25) is 9.59 Å². The lowest BCUT2D eigenvalue weighted by Gasteiger charge is -2.20. The molecule has 0 spiro atoms. The van der Waals surface area contributed by atoms with Crippen LogP contribution in [0.2, 0.25) is 5.02 Å². The van der Waals surface area contributed by atoms with E-state index in [1.165, 1.54) is 0 Å². The molecule has 2 amide bonds. The molecule has 1 aliphatic heterocycles. The van der Waals surface area contributed by atoms with E-state index in [2.05, 4.69) is 0 Å². The minimum absolute atomic E-state index is 0.00368. The normalized spacial score (nSPS) is 32.1. The fourth-order valence-corrected chi connectivity index (χ4v) is 4.20. The molecule has 1 aromatic carbocycles. The van der Waals surface area contributed by atoms with Crippen molar-refractivity contribution in [1.82, 2.24) is 0 Å². The van der Waals surface area contributed by atoms with Crippen LogP contribution in [0.25, 0.3) is 0 Å². The van der Waals surface area contributed by atoms with Crippen LogP contribution in [0.4, 0.5) is 18.9 Å². The van der Waals surface area contributed by atoms with Gasteiger partial charge >= 0.3 is 6.18 Å². The standard InChI is InChI=1S/C16H11ClF3NO2/c17-10-4-3-9(16(18,19)20)6-11(10)21-14(22)12-7-1-2-8(5-7)13(12)15(21)23/h1-4,6-8,12-13H,5H2/t7-,8-,12+,13+/m0/s1. The summed E-state index contributed by atoms with van der Waals surface area (Å²) >= 11 is 5.97. The summed E-state index contributed by atoms with van der Waals surface area (Å²) in [5.41, 5.74) is -1.11. The number of hydrogen-bond acceptors (Lipinski definition) is 2. The topological polar surface area (TPSA) is 37.4 Å². The fourth-order valence-electron chi connectivity index (χ4n) is 4.00. The molecule has 0 aromatic heterocycles. The molecule has 0 N–H and O–H groups in total. The summed E-state index contributed by atoms with van der Waals surface area (Å²) in [6.07, 6.45) is 0.0428. The van der Waals surface area contributed by atoms with Crippen molar-refractivity contribution in [2.24, 2.45) is 23.7 Å². The number of amides is 2. The number of benzene rings is 1. The van der Waals surface area contributed by atoms with Crippen LogP contribution in [0, 0.1) is 23.7 Å². The maximum atomic E-state index is 12.9. The first-order chi connectivity index (χ1) is 10.8. The van der Waals surface area contributed by atoms with Gasteiger partial charge in [0.25, 0.3) is 0 Å². The number of carbonyl (C=O) groups is 2. The third kappa shape index (κ3) is 1.97. The Labute approximate surface area is 134 Å². The van der Waals surface area contributed by atoms with E-state index >= 15 is 0 Å². The zero-order valence-electron chi connectivity index (χ0n) is 11.7. The summed E-state index contributed by atoms with van der Waals surface area (Å²) in [5.74, 6) is -1.84. The molecule has 1 heterocycles. The molecular formula is C16H11ClF3NO2. The van der Waals surface area contributed by atoms with Crippen LogP contribution in [0.5, 0.6) is 0 Å². The zero-order chi connectivity index (χ0) is 16.5. The number of alkyl halides is 3. The van der Waals surface area contributed by atoms with Crippen LogP contribution >= 0.6 is 11.6 Å². The number of carbonyl (C=O) groups excluding carboxylic acids is 2. The van der Waals surface area contributed by atoms with E-state index in [1.54, 1.807) is 0 Å². The second-order valence-corrected chi connectivity index (χ2v) is 6.58. The smallest absolute Gasteiger partial charge is 0.274 e. The highest BCUT2D eigenvalue weighted by atomic mass is 35.5. The van der Waals surface area contributed by atoms with Gasteiger partial charge in [0.05, 0.1) is 28.1 Å². The van der Waals surface area contributed by atoms with Gasteiger partial charge in [0.1, 0.15) is 0 Å². The quantitative estimate of drug-likeness (QED) is 0.577. The van der Waals surface area contributed by atoms with Crippen molar-refractivity contribution in [2.45, 2.75) is 12.6 Å². The van der Waals surface area contributed by atoms with Crippen molar-refractivity contribution < 1.29 is 22.8 Å². The van der Waals surface area contributed by atoms with Crippen molar-refractivity contribution >= 4 is 29.1 Å². The highest BCUT2D eigenvalue weighted by Crippen LogP contribution is 2.53. The Morgan fingerprint density at radius 2 is 1.61 bits per heavy atom. The minimum atomic E-state index is -4.57. The van der Waals surface area contributed by atoms with Gasteiger partial charge in [-0.15, -0.1) is 0 Å². The third-order valence-electron chi connectivity index (χ3n) is 4.98. The molecule has 1 saturated carbocycles. The molecule has 2 bridgehead atoms. The number of halogens is 4. The maximum absolute atomic E-state index is 12.9. The largest absolute Gasteiger partial charge is 0.416 e. The van der Waals surface area contributed by atoms with Gasteiger partial charge in [-0.2, -0.15) is 13.2 Å². The molecule has 120 valence electrons. The molecule has 1 saturated heterocycles. The van der Waals surface area contributed by atoms with Crippen molar-refractivity contribution in [3.8, 4) is 0 Å². The summed E-state index contributed by atoms with van der Waals surface area (Å²) in [6, 6.07) is 2.68. The Morgan fingerprint density at radius 3 is 2.13 bits per heavy atom. The molecule has 7 heteroatoms. The Hall–Kier alpha value is -1.82. The number of fused-ring (bicyclic) bond motifs is 5. The molecule has 2 aliphatic carbocycles. The minimum Gasteiger partial charge on any atom is -0.274 e. The number of anilines is 1. The van der Waals surface area contributed by atoms with E-state index in [0.29, 0.717) is 0 Å². The first kappa shape index (κ1) is 14.8. The molecule has 4 atom stereocenters.